The highest BCUT2D eigenvalue weighted by Gasteiger charge is 2.21. The van der Waals surface area contributed by atoms with Crippen LogP contribution in [0.25, 0.3) is 0 Å². The molecule has 6 nitrogen and oxygen atoms in total. The highest BCUT2D eigenvalue weighted by Crippen LogP contribution is 2.14. The Hall–Kier alpha value is -1.44. The fourth-order valence-corrected chi connectivity index (χ4v) is 2.54. The molecule has 0 aliphatic carbocycles. The number of nitrogens with one attached hydrogen (secondary N) is 1. The summed E-state index contributed by atoms with van der Waals surface area (Å²) < 4.78 is 30.8. The Bertz CT molecular complexity index is 567. The summed E-state index contributed by atoms with van der Waals surface area (Å²) in [6.45, 7) is 3.37. The first-order valence-corrected chi connectivity index (χ1v) is 7.08. The van der Waals surface area contributed by atoms with Crippen LogP contribution < -0.4 is 4.72 Å². The number of hydrogen-bond donors (Lipinski definition) is 2. The fraction of sp³-hybridized carbons (Fsp3) is 0.417. The molecule has 1 aromatic rings. The van der Waals surface area contributed by atoms with E-state index >= 15 is 0 Å². The molecule has 0 fully saturated rings. The van der Waals surface area contributed by atoms with E-state index in [2.05, 4.69) is 9.46 Å². The molecule has 0 heterocycles. The molecule has 0 amide bonds. The third-order valence-electron chi connectivity index (χ3n) is 2.81. The largest absolute Gasteiger partial charge is 0.479 e. The van der Waals surface area contributed by atoms with Gasteiger partial charge in [0.2, 0.25) is 10.0 Å². The second-order valence-corrected chi connectivity index (χ2v) is 5.93. The van der Waals surface area contributed by atoms with Gasteiger partial charge in [0.05, 0.1) is 4.90 Å². The Morgan fingerprint density at radius 2 is 2.00 bits per heavy atom. The van der Waals surface area contributed by atoms with Crippen molar-refractivity contribution in [3.8, 4) is 0 Å². The van der Waals surface area contributed by atoms with E-state index in [1.54, 1.807) is 12.1 Å². The second-order valence-electron chi connectivity index (χ2n) is 4.16. The summed E-state index contributed by atoms with van der Waals surface area (Å²) in [6.07, 6.45) is -1.21. The Labute approximate surface area is 112 Å². The third-order valence-corrected chi connectivity index (χ3v) is 4.23. The summed E-state index contributed by atoms with van der Waals surface area (Å²) in [5, 5.41) is 8.76. The van der Waals surface area contributed by atoms with Gasteiger partial charge in [-0.05, 0) is 37.1 Å². The summed E-state index contributed by atoms with van der Waals surface area (Å²) in [4.78, 5) is 10.8. The fourth-order valence-electron chi connectivity index (χ4n) is 1.42. The van der Waals surface area contributed by atoms with Crippen molar-refractivity contribution in [1.82, 2.24) is 4.72 Å². The first-order chi connectivity index (χ1) is 8.77. The summed E-state index contributed by atoms with van der Waals surface area (Å²) in [6, 6.07) is 4.72. The lowest BCUT2D eigenvalue weighted by molar-refractivity contribution is -0.147. The Balaban J connectivity index is 2.86. The predicted octanol–water partition coefficient (Wildman–Crippen LogP) is 0.681. The molecule has 1 aromatic carbocycles. The number of aliphatic carboxylic acids is 1. The monoisotopic (exact) mass is 287 g/mol. The molecule has 0 spiro atoms. The van der Waals surface area contributed by atoms with Crippen molar-refractivity contribution in [2.75, 3.05) is 13.7 Å². The lowest BCUT2D eigenvalue weighted by Gasteiger charge is -2.12. The summed E-state index contributed by atoms with van der Waals surface area (Å²) in [5.74, 6) is -1.22. The maximum absolute atomic E-state index is 12.0. The Morgan fingerprint density at radius 3 is 2.47 bits per heavy atom. The van der Waals surface area contributed by atoms with Crippen LogP contribution in [0.3, 0.4) is 0 Å². The molecule has 0 aliphatic heterocycles. The number of ether oxygens (including phenoxy) is 1. The standard InChI is InChI=1S/C12H17NO5S/c1-8-4-5-10(6-9(8)2)19(16,17)13-7-11(18-3)12(14)15/h4-6,11,13H,7H2,1-3H3,(H,14,15). The molecule has 0 bridgehead atoms. The molecule has 19 heavy (non-hydrogen) atoms. The molecule has 1 unspecified atom stereocenters. The topological polar surface area (TPSA) is 92.7 Å². The third kappa shape index (κ3) is 4.02. The summed E-state index contributed by atoms with van der Waals surface area (Å²) in [7, 11) is -2.52. The summed E-state index contributed by atoms with van der Waals surface area (Å²) >= 11 is 0. The molecule has 7 heteroatoms. The number of sulfonamides is 1. The zero-order valence-electron chi connectivity index (χ0n) is 11.0. The van der Waals surface area contributed by atoms with Crippen LogP contribution in [-0.2, 0) is 19.6 Å². The van der Waals surface area contributed by atoms with Gasteiger partial charge in [-0.1, -0.05) is 6.07 Å². The number of benzene rings is 1. The van der Waals surface area contributed by atoms with E-state index in [1.165, 1.54) is 13.2 Å². The second kappa shape index (κ2) is 6.14. The highest BCUT2D eigenvalue weighted by atomic mass is 32.2. The van der Waals surface area contributed by atoms with Crippen LogP contribution in [-0.4, -0.2) is 39.3 Å². The number of rotatable bonds is 6. The Kier molecular flexibility index (Phi) is 5.04. The van der Waals surface area contributed by atoms with E-state index in [4.69, 9.17) is 5.11 Å². The molecule has 0 saturated carbocycles. The van der Waals surface area contributed by atoms with Crippen LogP contribution in [0.5, 0.6) is 0 Å². The van der Waals surface area contributed by atoms with E-state index in [-0.39, 0.29) is 11.4 Å². The van der Waals surface area contributed by atoms with E-state index in [0.717, 1.165) is 11.1 Å². The van der Waals surface area contributed by atoms with Crippen molar-refractivity contribution in [2.24, 2.45) is 0 Å². The van der Waals surface area contributed by atoms with Gasteiger partial charge >= 0.3 is 5.97 Å². The first kappa shape index (κ1) is 15.6. The number of carboxylic acids is 1. The van der Waals surface area contributed by atoms with Crippen LogP contribution in [0.1, 0.15) is 11.1 Å². The zero-order chi connectivity index (χ0) is 14.6. The van der Waals surface area contributed by atoms with Gasteiger partial charge in [-0.25, -0.2) is 17.9 Å². The van der Waals surface area contributed by atoms with Crippen molar-refractivity contribution in [3.63, 3.8) is 0 Å². The molecule has 106 valence electrons. The van der Waals surface area contributed by atoms with Crippen molar-refractivity contribution in [2.45, 2.75) is 24.8 Å². The molecular formula is C12H17NO5S. The maximum Gasteiger partial charge on any atom is 0.334 e. The van der Waals surface area contributed by atoms with Gasteiger partial charge in [-0.2, -0.15) is 0 Å². The van der Waals surface area contributed by atoms with Gasteiger partial charge in [-0.15, -0.1) is 0 Å². The van der Waals surface area contributed by atoms with Gasteiger partial charge < -0.3 is 9.84 Å². The molecule has 2 N–H and O–H groups in total. The average molecular weight is 287 g/mol. The molecule has 1 atom stereocenters. The minimum Gasteiger partial charge on any atom is -0.479 e. The van der Waals surface area contributed by atoms with Gasteiger partial charge in [0.15, 0.2) is 6.10 Å². The van der Waals surface area contributed by atoms with Gasteiger partial charge in [0, 0.05) is 13.7 Å². The number of hydrogen-bond acceptors (Lipinski definition) is 4. The molecule has 0 radical (unpaired) electrons. The number of carbonyl (C=O) groups is 1. The first-order valence-electron chi connectivity index (χ1n) is 5.60. The van der Waals surface area contributed by atoms with Crippen LogP contribution in [0.4, 0.5) is 0 Å². The van der Waals surface area contributed by atoms with Gasteiger partial charge in [-0.3, -0.25) is 0 Å². The van der Waals surface area contributed by atoms with Crippen molar-refractivity contribution < 1.29 is 23.1 Å². The lowest BCUT2D eigenvalue weighted by Crippen LogP contribution is -2.37. The smallest absolute Gasteiger partial charge is 0.334 e. The Morgan fingerprint density at radius 1 is 1.37 bits per heavy atom. The predicted molar refractivity (Wildman–Crippen MR) is 69.5 cm³/mol. The quantitative estimate of drug-likeness (QED) is 0.802. The summed E-state index contributed by atoms with van der Waals surface area (Å²) in [5.41, 5.74) is 1.84. The van der Waals surface area contributed by atoms with Crippen molar-refractivity contribution in [3.05, 3.63) is 29.3 Å². The van der Waals surface area contributed by atoms with Crippen LogP contribution >= 0.6 is 0 Å². The molecule has 0 aromatic heterocycles. The minimum atomic E-state index is -3.73. The van der Waals surface area contributed by atoms with Crippen LogP contribution in [0.15, 0.2) is 23.1 Å². The van der Waals surface area contributed by atoms with E-state index in [1.807, 2.05) is 13.8 Å². The van der Waals surface area contributed by atoms with Crippen molar-refractivity contribution >= 4 is 16.0 Å². The normalized spacial score (nSPS) is 13.2. The minimum absolute atomic E-state index is 0.107. The zero-order valence-corrected chi connectivity index (χ0v) is 11.8. The number of aryl methyl sites for hydroxylation is 2. The van der Waals surface area contributed by atoms with Crippen LogP contribution in [0.2, 0.25) is 0 Å². The lowest BCUT2D eigenvalue weighted by atomic mass is 10.1. The number of methoxy groups -OCH3 is 1. The number of carboxylic acid groups (broad SMARTS) is 1. The van der Waals surface area contributed by atoms with Gasteiger partial charge in [0.25, 0.3) is 0 Å². The van der Waals surface area contributed by atoms with E-state index in [0.29, 0.717) is 0 Å². The molecule has 1 rings (SSSR count). The highest BCUT2D eigenvalue weighted by molar-refractivity contribution is 7.89. The van der Waals surface area contributed by atoms with E-state index in [9.17, 15) is 13.2 Å². The molecule has 0 saturated heterocycles. The van der Waals surface area contributed by atoms with Crippen molar-refractivity contribution in [1.29, 1.82) is 0 Å². The average Bonchev–Trinajstić information content (AvgIpc) is 2.32. The SMILES string of the molecule is COC(CNS(=O)(=O)c1ccc(C)c(C)c1)C(=O)O. The van der Waals surface area contributed by atoms with E-state index < -0.39 is 22.1 Å². The molecular weight excluding hydrogens is 270 g/mol. The maximum atomic E-state index is 12.0. The molecule has 0 aliphatic rings. The van der Waals surface area contributed by atoms with Gasteiger partial charge in [0.1, 0.15) is 0 Å². The van der Waals surface area contributed by atoms with Crippen LogP contribution in [0, 0.1) is 13.8 Å².